The third-order valence-corrected chi connectivity index (χ3v) is 5.19. The monoisotopic (exact) mass is 320 g/mol. The average molecular weight is 320 g/mol. The lowest BCUT2D eigenvalue weighted by atomic mass is 9.82. The van der Waals surface area contributed by atoms with Gasteiger partial charge in [-0.05, 0) is 57.0 Å². The normalized spacial score (nSPS) is 30.0. The standard InChI is InChI=1S/C17H21FN2O3/c1-20-13-7-8-14(20)10-17(9-13,16(22)23-2)19-15(21)11-3-5-12(18)6-4-11/h3-6,13-14H,7-10H2,1-2H3,(H,19,21)/t13-,14+,17?. The Morgan fingerprint density at radius 3 is 2.30 bits per heavy atom. The third-order valence-electron chi connectivity index (χ3n) is 5.19. The van der Waals surface area contributed by atoms with Crippen LogP contribution >= 0.6 is 0 Å². The highest BCUT2D eigenvalue weighted by Crippen LogP contribution is 2.40. The SMILES string of the molecule is COC(=O)C1(NC(=O)c2ccc(F)cc2)C[C@H]2CC[C@@H](C1)N2C. The second kappa shape index (κ2) is 5.92. The lowest BCUT2D eigenvalue weighted by Gasteiger charge is -2.43. The Labute approximate surface area is 134 Å². The largest absolute Gasteiger partial charge is 0.467 e. The minimum absolute atomic E-state index is 0.265. The van der Waals surface area contributed by atoms with Gasteiger partial charge in [0.2, 0.25) is 0 Å². The molecule has 2 saturated heterocycles. The van der Waals surface area contributed by atoms with Crippen LogP contribution in [-0.2, 0) is 9.53 Å². The Hall–Kier alpha value is -1.95. The molecule has 2 aliphatic rings. The van der Waals surface area contributed by atoms with Gasteiger partial charge in [0.05, 0.1) is 7.11 Å². The zero-order chi connectivity index (χ0) is 16.6. The number of fused-ring (bicyclic) bond motifs is 2. The molecule has 23 heavy (non-hydrogen) atoms. The predicted octanol–water partition coefficient (Wildman–Crippen LogP) is 1.72. The third kappa shape index (κ3) is 2.83. The van der Waals surface area contributed by atoms with Gasteiger partial charge < -0.3 is 15.0 Å². The van der Waals surface area contributed by atoms with Gasteiger partial charge in [0.15, 0.2) is 0 Å². The summed E-state index contributed by atoms with van der Waals surface area (Å²) >= 11 is 0. The second-order valence-electron chi connectivity index (χ2n) is 6.49. The fourth-order valence-electron chi connectivity index (χ4n) is 3.88. The number of benzene rings is 1. The molecular weight excluding hydrogens is 299 g/mol. The summed E-state index contributed by atoms with van der Waals surface area (Å²) < 4.78 is 18.0. The average Bonchev–Trinajstić information content (AvgIpc) is 2.76. The van der Waals surface area contributed by atoms with Crippen molar-refractivity contribution in [2.45, 2.75) is 43.3 Å². The topological polar surface area (TPSA) is 58.6 Å². The van der Waals surface area contributed by atoms with Crippen LogP contribution in [0.5, 0.6) is 0 Å². The lowest BCUT2D eigenvalue weighted by molar-refractivity contribution is -0.151. The molecule has 1 unspecified atom stereocenters. The zero-order valence-corrected chi connectivity index (χ0v) is 13.3. The molecule has 124 valence electrons. The molecule has 1 aromatic rings. The first-order valence-electron chi connectivity index (χ1n) is 7.83. The maximum atomic E-state index is 13.0. The van der Waals surface area contributed by atoms with Crippen molar-refractivity contribution in [3.05, 3.63) is 35.6 Å². The van der Waals surface area contributed by atoms with Crippen LogP contribution in [0.2, 0.25) is 0 Å². The molecule has 3 rings (SSSR count). The lowest BCUT2D eigenvalue weighted by Crippen LogP contribution is -2.62. The molecule has 0 spiro atoms. The van der Waals surface area contributed by atoms with E-state index < -0.39 is 17.3 Å². The summed E-state index contributed by atoms with van der Waals surface area (Å²) in [6, 6.07) is 5.83. The number of methoxy groups -OCH3 is 1. The molecule has 0 saturated carbocycles. The first kappa shape index (κ1) is 15.9. The molecule has 1 N–H and O–H groups in total. The number of nitrogens with zero attached hydrogens (tertiary/aromatic N) is 1. The van der Waals surface area contributed by atoms with Gasteiger partial charge in [-0.15, -0.1) is 0 Å². The molecule has 2 bridgehead atoms. The van der Waals surface area contributed by atoms with Gasteiger partial charge in [-0.25, -0.2) is 9.18 Å². The number of ether oxygens (including phenoxy) is 1. The first-order valence-corrected chi connectivity index (χ1v) is 7.83. The van der Waals surface area contributed by atoms with E-state index in [1.165, 1.54) is 31.4 Å². The number of piperidine rings is 1. The number of nitrogens with one attached hydrogen (secondary N) is 1. The van der Waals surface area contributed by atoms with Crippen molar-refractivity contribution in [3.8, 4) is 0 Å². The van der Waals surface area contributed by atoms with Crippen LogP contribution in [0.25, 0.3) is 0 Å². The highest BCUT2D eigenvalue weighted by molar-refractivity contribution is 5.98. The van der Waals surface area contributed by atoms with Gasteiger partial charge in [0.25, 0.3) is 5.91 Å². The summed E-state index contributed by atoms with van der Waals surface area (Å²) in [5.41, 5.74) is -0.667. The van der Waals surface area contributed by atoms with Crippen LogP contribution in [0.1, 0.15) is 36.0 Å². The summed E-state index contributed by atoms with van der Waals surface area (Å²) in [5, 5.41) is 2.88. The zero-order valence-electron chi connectivity index (χ0n) is 13.3. The van der Waals surface area contributed by atoms with Crippen LogP contribution < -0.4 is 5.32 Å². The summed E-state index contributed by atoms with van der Waals surface area (Å²) in [7, 11) is 3.40. The van der Waals surface area contributed by atoms with E-state index in [2.05, 4.69) is 17.3 Å². The smallest absolute Gasteiger partial charge is 0.331 e. The van der Waals surface area contributed by atoms with Crippen molar-refractivity contribution >= 4 is 11.9 Å². The van der Waals surface area contributed by atoms with Crippen molar-refractivity contribution in [3.63, 3.8) is 0 Å². The Kier molecular flexibility index (Phi) is 4.10. The summed E-state index contributed by atoms with van der Waals surface area (Å²) in [6.07, 6.45) is 3.12. The maximum Gasteiger partial charge on any atom is 0.331 e. The summed E-state index contributed by atoms with van der Waals surface area (Å²) in [4.78, 5) is 27.2. The fraction of sp³-hybridized carbons (Fsp3) is 0.529. The summed E-state index contributed by atoms with van der Waals surface area (Å²) in [5.74, 6) is -1.18. The predicted molar refractivity (Wildman–Crippen MR) is 82.4 cm³/mol. The van der Waals surface area contributed by atoms with Gasteiger partial charge >= 0.3 is 5.97 Å². The van der Waals surface area contributed by atoms with Gasteiger partial charge in [0.1, 0.15) is 11.4 Å². The first-order chi connectivity index (χ1) is 10.9. The molecule has 2 fully saturated rings. The van der Waals surface area contributed by atoms with Gasteiger partial charge in [-0.2, -0.15) is 0 Å². The van der Waals surface area contributed by atoms with E-state index >= 15 is 0 Å². The van der Waals surface area contributed by atoms with Crippen LogP contribution in [0.3, 0.4) is 0 Å². The van der Waals surface area contributed by atoms with Crippen molar-refractivity contribution in [2.75, 3.05) is 14.2 Å². The van der Waals surface area contributed by atoms with Crippen molar-refractivity contribution < 1.29 is 18.7 Å². The molecule has 2 heterocycles. The number of rotatable bonds is 3. The minimum atomic E-state index is -1.00. The van der Waals surface area contributed by atoms with Crippen LogP contribution in [0.15, 0.2) is 24.3 Å². The molecule has 2 aliphatic heterocycles. The molecular formula is C17H21FN2O3. The van der Waals surface area contributed by atoms with Gasteiger partial charge in [-0.3, -0.25) is 4.79 Å². The number of esters is 1. The molecule has 1 aromatic carbocycles. The molecule has 1 amide bonds. The summed E-state index contributed by atoms with van der Waals surface area (Å²) in [6.45, 7) is 0. The van der Waals surface area contributed by atoms with Crippen LogP contribution in [0.4, 0.5) is 4.39 Å². The Morgan fingerprint density at radius 2 is 1.78 bits per heavy atom. The minimum Gasteiger partial charge on any atom is -0.467 e. The maximum absolute atomic E-state index is 13.0. The van der Waals surface area contributed by atoms with Crippen LogP contribution in [0, 0.1) is 5.82 Å². The number of halogens is 1. The second-order valence-corrected chi connectivity index (χ2v) is 6.49. The molecule has 0 aromatic heterocycles. The van der Waals surface area contributed by atoms with E-state index in [9.17, 15) is 14.0 Å². The van der Waals surface area contributed by atoms with Crippen LogP contribution in [-0.4, -0.2) is 48.6 Å². The van der Waals surface area contributed by atoms with E-state index in [0.717, 1.165) is 12.8 Å². The van der Waals surface area contributed by atoms with E-state index in [0.29, 0.717) is 18.4 Å². The number of amides is 1. The van der Waals surface area contributed by atoms with E-state index in [1.807, 2.05) is 0 Å². The van der Waals surface area contributed by atoms with E-state index in [4.69, 9.17) is 4.74 Å². The van der Waals surface area contributed by atoms with Gasteiger partial charge in [-0.1, -0.05) is 0 Å². The number of hydrogen-bond donors (Lipinski definition) is 1. The highest BCUT2D eigenvalue weighted by Gasteiger charge is 2.52. The van der Waals surface area contributed by atoms with Crippen molar-refractivity contribution in [2.24, 2.45) is 0 Å². The Morgan fingerprint density at radius 1 is 1.22 bits per heavy atom. The molecule has 6 heteroatoms. The number of carbonyl (C=O) groups is 2. The van der Waals surface area contributed by atoms with E-state index in [1.54, 1.807) is 0 Å². The van der Waals surface area contributed by atoms with Gasteiger partial charge in [0, 0.05) is 17.6 Å². The van der Waals surface area contributed by atoms with E-state index in [-0.39, 0.29) is 18.0 Å². The molecule has 0 aliphatic carbocycles. The molecule has 0 radical (unpaired) electrons. The fourth-order valence-corrected chi connectivity index (χ4v) is 3.88. The van der Waals surface area contributed by atoms with Crippen molar-refractivity contribution in [1.29, 1.82) is 0 Å². The highest BCUT2D eigenvalue weighted by atomic mass is 19.1. The van der Waals surface area contributed by atoms with Crippen molar-refractivity contribution in [1.82, 2.24) is 10.2 Å². The number of carbonyl (C=O) groups excluding carboxylic acids is 2. The molecule has 5 nitrogen and oxygen atoms in total. The quantitative estimate of drug-likeness (QED) is 0.862. The number of hydrogen-bond acceptors (Lipinski definition) is 4. The molecule has 3 atom stereocenters. The Balaban J connectivity index is 1.84. The Bertz CT molecular complexity index is 603.